The summed E-state index contributed by atoms with van der Waals surface area (Å²) in [4.78, 5) is 0. The summed E-state index contributed by atoms with van der Waals surface area (Å²) in [6, 6.07) is 13.1. The predicted octanol–water partition coefficient (Wildman–Crippen LogP) is 3.43. The van der Waals surface area contributed by atoms with Crippen molar-refractivity contribution in [2.75, 3.05) is 18.5 Å². The molecule has 8 heteroatoms. The van der Waals surface area contributed by atoms with Gasteiger partial charge in [-0.05, 0) is 60.7 Å². The van der Waals surface area contributed by atoms with Gasteiger partial charge in [0.05, 0.1) is 11.2 Å². The number of tetrazole rings is 1. The van der Waals surface area contributed by atoms with Crippen LogP contribution in [0.1, 0.15) is 19.7 Å². The van der Waals surface area contributed by atoms with Crippen molar-refractivity contribution in [3.05, 3.63) is 53.3 Å². The summed E-state index contributed by atoms with van der Waals surface area (Å²) in [5.41, 5.74) is 1.20. The van der Waals surface area contributed by atoms with Crippen LogP contribution >= 0.6 is 11.6 Å². The molecule has 0 radical (unpaired) electrons. The molecule has 0 atom stereocenters. The average Bonchev–Trinajstić information content (AvgIpc) is 3.13. The molecule has 26 heavy (non-hydrogen) atoms. The molecule has 0 bridgehead atoms. The molecule has 0 saturated carbocycles. The topological polar surface area (TPSA) is 74.1 Å². The molecular formula is C18H18ClN5O2. The standard InChI is InChI=1S/C18H18ClN5O2/c1-18(2,20-13-5-8-15-16(11-13)26-10-9-25-15)17-21-22-23-24(17)14-6-3-12(19)4-7-14/h3-8,11,20H,9-10H2,1-2H3. The third-order valence-corrected chi connectivity index (χ3v) is 4.35. The molecule has 0 fully saturated rings. The van der Waals surface area contributed by atoms with E-state index in [-0.39, 0.29) is 0 Å². The second kappa shape index (κ2) is 6.49. The van der Waals surface area contributed by atoms with Gasteiger partial charge in [0.2, 0.25) is 0 Å². The van der Waals surface area contributed by atoms with E-state index in [0.29, 0.717) is 24.1 Å². The third kappa shape index (κ3) is 3.17. The molecule has 1 aromatic heterocycles. The Morgan fingerprint density at radius 2 is 1.77 bits per heavy atom. The van der Waals surface area contributed by atoms with Crippen LogP contribution in [0.5, 0.6) is 11.5 Å². The fourth-order valence-corrected chi connectivity index (χ4v) is 3.00. The van der Waals surface area contributed by atoms with Crippen LogP contribution in [0.3, 0.4) is 0 Å². The first-order valence-corrected chi connectivity index (χ1v) is 8.63. The van der Waals surface area contributed by atoms with Gasteiger partial charge in [-0.3, -0.25) is 0 Å². The Bertz CT molecular complexity index is 924. The van der Waals surface area contributed by atoms with Gasteiger partial charge in [-0.2, -0.15) is 4.68 Å². The van der Waals surface area contributed by atoms with Crippen molar-refractivity contribution in [3.8, 4) is 17.2 Å². The summed E-state index contributed by atoms with van der Waals surface area (Å²) in [5.74, 6) is 2.16. The quantitative estimate of drug-likeness (QED) is 0.757. The van der Waals surface area contributed by atoms with Crippen LogP contribution in [0.25, 0.3) is 5.69 Å². The number of anilines is 1. The summed E-state index contributed by atoms with van der Waals surface area (Å²) in [7, 11) is 0. The van der Waals surface area contributed by atoms with Gasteiger partial charge in [0.15, 0.2) is 17.3 Å². The lowest BCUT2D eigenvalue weighted by Gasteiger charge is -2.27. The van der Waals surface area contributed by atoms with Crippen LogP contribution in [0.2, 0.25) is 5.02 Å². The summed E-state index contributed by atoms with van der Waals surface area (Å²) in [5, 5.41) is 16.3. The van der Waals surface area contributed by atoms with Gasteiger partial charge >= 0.3 is 0 Å². The average molecular weight is 372 g/mol. The fourth-order valence-electron chi connectivity index (χ4n) is 2.87. The highest BCUT2D eigenvalue weighted by molar-refractivity contribution is 6.30. The maximum atomic E-state index is 5.97. The van der Waals surface area contributed by atoms with Crippen LogP contribution in [-0.4, -0.2) is 33.4 Å². The number of hydrogen-bond donors (Lipinski definition) is 1. The van der Waals surface area contributed by atoms with Gasteiger partial charge < -0.3 is 14.8 Å². The molecule has 0 spiro atoms. The summed E-state index contributed by atoms with van der Waals surface area (Å²) in [6.07, 6.45) is 0. The first-order chi connectivity index (χ1) is 12.5. The van der Waals surface area contributed by atoms with Gasteiger partial charge in [-0.15, -0.1) is 5.10 Å². The number of nitrogens with zero attached hydrogens (tertiary/aromatic N) is 4. The number of halogens is 1. The zero-order valence-corrected chi connectivity index (χ0v) is 15.2. The SMILES string of the molecule is CC(C)(Nc1ccc2c(c1)OCCO2)c1nnnn1-c1ccc(Cl)cc1. The highest BCUT2D eigenvalue weighted by Crippen LogP contribution is 2.34. The van der Waals surface area contributed by atoms with Crippen LogP contribution < -0.4 is 14.8 Å². The molecule has 0 unspecified atom stereocenters. The molecule has 0 saturated heterocycles. The van der Waals surface area contributed by atoms with E-state index < -0.39 is 5.54 Å². The second-order valence-corrected chi connectivity index (χ2v) is 6.94. The van der Waals surface area contributed by atoms with Crippen molar-refractivity contribution in [1.82, 2.24) is 20.2 Å². The maximum Gasteiger partial charge on any atom is 0.181 e. The Morgan fingerprint density at radius 1 is 1.04 bits per heavy atom. The zero-order valence-electron chi connectivity index (χ0n) is 14.4. The van der Waals surface area contributed by atoms with E-state index in [4.69, 9.17) is 21.1 Å². The molecule has 0 amide bonds. The van der Waals surface area contributed by atoms with Crippen LogP contribution in [0.4, 0.5) is 5.69 Å². The summed E-state index contributed by atoms with van der Waals surface area (Å²) in [6.45, 7) is 5.15. The van der Waals surface area contributed by atoms with E-state index in [0.717, 1.165) is 22.9 Å². The lowest BCUT2D eigenvalue weighted by Crippen LogP contribution is -2.32. The minimum absolute atomic E-state index is 0.535. The molecule has 1 aliphatic heterocycles. The molecule has 2 heterocycles. The Hall–Kier alpha value is -2.80. The maximum absolute atomic E-state index is 5.97. The fraction of sp³-hybridized carbons (Fsp3) is 0.278. The van der Waals surface area contributed by atoms with Gasteiger partial charge in [0.1, 0.15) is 13.2 Å². The van der Waals surface area contributed by atoms with Gasteiger partial charge in [0.25, 0.3) is 0 Å². The van der Waals surface area contributed by atoms with E-state index >= 15 is 0 Å². The highest BCUT2D eigenvalue weighted by atomic mass is 35.5. The first-order valence-electron chi connectivity index (χ1n) is 8.25. The highest BCUT2D eigenvalue weighted by Gasteiger charge is 2.28. The molecule has 134 valence electrons. The monoisotopic (exact) mass is 371 g/mol. The molecule has 7 nitrogen and oxygen atoms in total. The zero-order chi connectivity index (χ0) is 18.1. The third-order valence-electron chi connectivity index (χ3n) is 4.10. The number of ether oxygens (including phenoxy) is 2. The molecule has 1 N–H and O–H groups in total. The number of hydrogen-bond acceptors (Lipinski definition) is 6. The Kier molecular flexibility index (Phi) is 4.16. The van der Waals surface area contributed by atoms with E-state index in [9.17, 15) is 0 Å². The molecular weight excluding hydrogens is 354 g/mol. The first kappa shape index (κ1) is 16.7. The van der Waals surface area contributed by atoms with Crippen molar-refractivity contribution in [3.63, 3.8) is 0 Å². The lowest BCUT2D eigenvalue weighted by atomic mass is 10.0. The largest absolute Gasteiger partial charge is 0.486 e. The molecule has 4 rings (SSSR count). The lowest BCUT2D eigenvalue weighted by molar-refractivity contribution is 0.171. The second-order valence-electron chi connectivity index (χ2n) is 6.50. The summed E-state index contributed by atoms with van der Waals surface area (Å²) < 4.78 is 12.9. The van der Waals surface area contributed by atoms with Crippen molar-refractivity contribution >= 4 is 17.3 Å². The van der Waals surface area contributed by atoms with E-state index in [1.54, 1.807) is 4.68 Å². The molecule has 2 aromatic carbocycles. The number of fused-ring (bicyclic) bond motifs is 1. The smallest absolute Gasteiger partial charge is 0.181 e. The summed E-state index contributed by atoms with van der Waals surface area (Å²) >= 11 is 5.97. The molecule has 3 aromatic rings. The van der Waals surface area contributed by atoms with Crippen molar-refractivity contribution in [2.45, 2.75) is 19.4 Å². The number of rotatable bonds is 4. The number of nitrogens with one attached hydrogen (secondary N) is 1. The number of benzene rings is 2. The van der Waals surface area contributed by atoms with Crippen molar-refractivity contribution < 1.29 is 9.47 Å². The van der Waals surface area contributed by atoms with Gasteiger partial charge in [0, 0.05) is 16.8 Å². The van der Waals surface area contributed by atoms with Crippen molar-refractivity contribution in [2.24, 2.45) is 0 Å². The minimum atomic E-state index is -0.535. The van der Waals surface area contributed by atoms with Crippen molar-refractivity contribution in [1.29, 1.82) is 0 Å². The molecule has 1 aliphatic rings. The van der Waals surface area contributed by atoms with Crippen LogP contribution in [0, 0.1) is 0 Å². The van der Waals surface area contributed by atoms with E-state index in [1.165, 1.54) is 0 Å². The Labute approximate surface area is 155 Å². The van der Waals surface area contributed by atoms with Gasteiger partial charge in [-0.25, -0.2) is 0 Å². The Balaban J connectivity index is 1.63. The Morgan fingerprint density at radius 3 is 2.54 bits per heavy atom. The van der Waals surface area contributed by atoms with E-state index in [2.05, 4.69) is 20.8 Å². The predicted molar refractivity (Wildman–Crippen MR) is 98.2 cm³/mol. The van der Waals surface area contributed by atoms with E-state index in [1.807, 2.05) is 56.3 Å². The van der Waals surface area contributed by atoms with Gasteiger partial charge in [-0.1, -0.05) is 11.6 Å². The minimum Gasteiger partial charge on any atom is -0.486 e. The molecule has 0 aliphatic carbocycles. The van der Waals surface area contributed by atoms with Crippen LogP contribution in [0.15, 0.2) is 42.5 Å². The van der Waals surface area contributed by atoms with Crippen LogP contribution in [-0.2, 0) is 5.54 Å². The number of aromatic nitrogens is 4. The normalized spacial score (nSPS) is 13.5.